The maximum absolute atomic E-state index is 3.50. The highest BCUT2D eigenvalue weighted by Gasteiger charge is 2.21. The minimum atomic E-state index is 0.615. The highest BCUT2D eigenvalue weighted by atomic mass is 79.9. The molecule has 1 saturated heterocycles. The largest absolute Gasteiger partial charge is 0.306 e. The van der Waals surface area contributed by atoms with Gasteiger partial charge in [0.05, 0.1) is 0 Å². The van der Waals surface area contributed by atoms with Crippen LogP contribution < -0.4 is 0 Å². The van der Waals surface area contributed by atoms with E-state index in [0.29, 0.717) is 5.92 Å². The number of hydrogen-bond donors (Lipinski definition) is 0. The lowest BCUT2D eigenvalue weighted by Crippen LogP contribution is -2.43. The van der Waals surface area contributed by atoms with E-state index in [9.17, 15) is 0 Å². The fourth-order valence-corrected chi connectivity index (χ4v) is 3.17. The molecule has 0 N–H and O–H groups in total. The fourth-order valence-electron chi connectivity index (χ4n) is 2.90. The Balaban J connectivity index is 1.83. The van der Waals surface area contributed by atoms with Crippen molar-refractivity contribution in [3.8, 4) is 0 Å². The van der Waals surface area contributed by atoms with Crippen LogP contribution >= 0.6 is 15.9 Å². The number of rotatable bonds is 4. The summed E-state index contributed by atoms with van der Waals surface area (Å²) >= 11 is 3.50. The second-order valence-electron chi connectivity index (χ2n) is 5.95. The van der Waals surface area contributed by atoms with Gasteiger partial charge in [-0.25, -0.2) is 0 Å². The summed E-state index contributed by atoms with van der Waals surface area (Å²) in [5.41, 5.74) is 1.44. The SMILES string of the molecule is CC(CN1CCC(N(C)C)CC1)c1ccc(Br)cc1. The number of likely N-dealkylation sites (tertiary alicyclic amines) is 1. The summed E-state index contributed by atoms with van der Waals surface area (Å²) in [4.78, 5) is 4.99. The zero-order valence-electron chi connectivity index (χ0n) is 12.3. The van der Waals surface area contributed by atoms with Gasteiger partial charge in [0, 0.05) is 17.1 Å². The summed E-state index contributed by atoms with van der Waals surface area (Å²) in [6.07, 6.45) is 2.61. The van der Waals surface area contributed by atoms with Crippen LogP contribution in [0.4, 0.5) is 0 Å². The van der Waals surface area contributed by atoms with Crippen molar-refractivity contribution in [2.24, 2.45) is 0 Å². The van der Waals surface area contributed by atoms with Crippen LogP contribution in [0, 0.1) is 0 Å². The maximum Gasteiger partial charge on any atom is 0.0175 e. The van der Waals surface area contributed by atoms with Gasteiger partial charge in [-0.2, -0.15) is 0 Å². The van der Waals surface area contributed by atoms with E-state index < -0.39 is 0 Å². The smallest absolute Gasteiger partial charge is 0.0175 e. The Morgan fingerprint density at radius 1 is 1.21 bits per heavy atom. The number of piperidine rings is 1. The standard InChI is InChI=1S/C16H25BrN2/c1-13(14-4-6-15(17)7-5-14)12-19-10-8-16(9-11-19)18(2)3/h4-7,13,16H,8-12H2,1-3H3. The predicted octanol–water partition coefficient (Wildman–Crippen LogP) is 3.58. The Bertz CT molecular complexity index is 380. The molecular formula is C16H25BrN2. The molecule has 0 saturated carbocycles. The molecule has 1 fully saturated rings. The lowest BCUT2D eigenvalue weighted by Gasteiger charge is -2.36. The van der Waals surface area contributed by atoms with Crippen molar-refractivity contribution < 1.29 is 0 Å². The molecule has 1 aromatic rings. The van der Waals surface area contributed by atoms with Crippen molar-refractivity contribution in [3.63, 3.8) is 0 Å². The molecule has 0 amide bonds. The molecule has 1 aliphatic heterocycles. The van der Waals surface area contributed by atoms with E-state index in [2.05, 4.69) is 71.0 Å². The monoisotopic (exact) mass is 324 g/mol. The molecule has 2 nitrogen and oxygen atoms in total. The molecule has 0 spiro atoms. The molecule has 1 aliphatic rings. The molecule has 1 heterocycles. The van der Waals surface area contributed by atoms with Crippen LogP contribution in [0.5, 0.6) is 0 Å². The summed E-state index contributed by atoms with van der Waals surface area (Å²) in [5, 5.41) is 0. The van der Waals surface area contributed by atoms with Crippen molar-refractivity contribution in [1.82, 2.24) is 9.80 Å². The van der Waals surface area contributed by atoms with Crippen LogP contribution in [0.2, 0.25) is 0 Å². The summed E-state index contributed by atoms with van der Waals surface area (Å²) in [5.74, 6) is 0.615. The van der Waals surface area contributed by atoms with Crippen LogP contribution in [0.3, 0.4) is 0 Å². The second-order valence-corrected chi connectivity index (χ2v) is 6.86. The topological polar surface area (TPSA) is 6.48 Å². The molecule has 0 radical (unpaired) electrons. The molecule has 2 rings (SSSR count). The second kappa shape index (κ2) is 6.87. The van der Waals surface area contributed by atoms with Crippen LogP contribution in [-0.2, 0) is 0 Å². The van der Waals surface area contributed by atoms with Crippen LogP contribution in [0.25, 0.3) is 0 Å². The average Bonchev–Trinajstić information content (AvgIpc) is 2.40. The van der Waals surface area contributed by atoms with Crippen molar-refractivity contribution in [3.05, 3.63) is 34.3 Å². The molecule has 0 aliphatic carbocycles. The Hall–Kier alpha value is -0.380. The van der Waals surface area contributed by atoms with Gasteiger partial charge in [0.15, 0.2) is 0 Å². The van der Waals surface area contributed by atoms with Gasteiger partial charge < -0.3 is 9.80 Å². The summed E-state index contributed by atoms with van der Waals surface area (Å²) in [6, 6.07) is 9.54. The average molecular weight is 325 g/mol. The van der Waals surface area contributed by atoms with E-state index >= 15 is 0 Å². The molecule has 1 aromatic carbocycles. The van der Waals surface area contributed by atoms with E-state index in [1.165, 1.54) is 38.0 Å². The molecule has 0 bridgehead atoms. The van der Waals surface area contributed by atoms with Crippen LogP contribution in [-0.4, -0.2) is 49.6 Å². The number of nitrogens with zero attached hydrogens (tertiary/aromatic N) is 2. The molecule has 1 atom stereocenters. The zero-order chi connectivity index (χ0) is 13.8. The highest BCUT2D eigenvalue weighted by molar-refractivity contribution is 9.10. The molecule has 1 unspecified atom stereocenters. The minimum absolute atomic E-state index is 0.615. The van der Waals surface area contributed by atoms with Crippen LogP contribution in [0.15, 0.2) is 28.7 Å². The van der Waals surface area contributed by atoms with Crippen LogP contribution in [0.1, 0.15) is 31.2 Å². The van der Waals surface area contributed by atoms with E-state index in [4.69, 9.17) is 0 Å². The predicted molar refractivity (Wildman–Crippen MR) is 85.7 cm³/mol. The van der Waals surface area contributed by atoms with Gasteiger partial charge in [-0.1, -0.05) is 35.0 Å². The quantitative estimate of drug-likeness (QED) is 0.835. The van der Waals surface area contributed by atoms with E-state index in [0.717, 1.165) is 10.5 Å². The molecule has 19 heavy (non-hydrogen) atoms. The first kappa shape index (κ1) is 15.0. The number of benzene rings is 1. The minimum Gasteiger partial charge on any atom is -0.306 e. The lowest BCUT2D eigenvalue weighted by molar-refractivity contribution is 0.140. The Morgan fingerprint density at radius 2 is 1.79 bits per heavy atom. The van der Waals surface area contributed by atoms with E-state index in [-0.39, 0.29) is 0 Å². The third-order valence-corrected chi connectivity index (χ3v) is 4.79. The molecule has 0 aromatic heterocycles. The highest BCUT2D eigenvalue weighted by Crippen LogP contribution is 2.22. The Kier molecular flexibility index (Phi) is 5.43. The number of halogens is 1. The summed E-state index contributed by atoms with van der Waals surface area (Å²) in [6.45, 7) is 6.00. The first-order valence-corrected chi connectivity index (χ1v) is 8.00. The summed E-state index contributed by atoms with van der Waals surface area (Å²) < 4.78 is 1.16. The van der Waals surface area contributed by atoms with Gasteiger partial charge in [0.2, 0.25) is 0 Å². The lowest BCUT2D eigenvalue weighted by atomic mass is 9.98. The summed E-state index contributed by atoms with van der Waals surface area (Å²) in [7, 11) is 4.40. The molecular weight excluding hydrogens is 300 g/mol. The van der Waals surface area contributed by atoms with Gasteiger partial charge in [-0.15, -0.1) is 0 Å². The van der Waals surface area contributed by atoms with Crippen molar-refractivity contribution >= 4 is 15.9 Å². The zero-order valence-corrected chi connectivity index (χ0v) is 13.9. The molecule has 106 valence electrons. The number of hydrogen-bond acceptors (Lipinski definition) is 2. The third-order valence-electron chi connectivity index (χ3n) is 4.26. The van der Waals surface area contributed by atoms with Gasteiger partial charge in [-0.05, 0) is 63.6 Å². The first-order chi connectivity index (χ1) is 9.06. The van der Waals surface area contributed by atoms with E-state index in [1.807, 2.05) is 0 Å². The van der Waals surface area contributed by atoms with E-state index in [1.54, 1.807) is 0 Å². The fraction of sp³-hybridized carbons (Fsp3) is 0.625. The Morgan fingerprint density at radius 3 is 2.32 bits per heavy atom. The maximum atomic E-state index is 3.50. The van der Waals surface area contributed by atoms with Gasteiger partial charge >= 0.3 is 0 Å². The third kappa shape index (κ3) is 4.30. The molecule has 3 heteroatoms. The first-order valence-electron chi connectivity index (χ1n) is 7.20. The van der Waals surface area contributed by atoms with Gasteiger partial charge in [0.1, 0.15) is 0 Å². The van der Waals surface area contributed by atoms with Crippen molar-refractivity contribution in [2.75, 3.05) is 33.7 Å². The van der Waals surface area contributed by atoms with Crippen molar-refractivity contribution in [1.29, 1.82) is 0 Å². The van der Waals surface area contributed by atoms with Gasteiger partial charge in [-0.3, -0.25) is 0 Å². The normalized spacial score (nSPS) is 19.8. The van der Waals surface area contributed by atoms with Gasteiger partial charge in [0.25, 0.3) is 0 Å². The van der Waals surface area contributed by atoms with Crippen molar-refractivity contribution in [2.45, 2.75) is 31.7 Å². The Labute approximate surface area is 125 Å².